The number of halogens is 1. The molecule has 0 aromatic carbocycles. The number of hydrogen-bond acceptors (Lipinski definition) is 4. The lowest BCUT2D eigenvalue weighted by Crippen LogP contribution is -2.07. The number of rotatable bonds is 5. The molecule has 0 saturated carbocycles. The second-order valence-corrected chi connectivity index (χ2v) is 4.32. The fraction of sp³-hybridized carbons (Fsp3) is 0.462. The second kappa shape index (κ2) is 5.77. The van der Waals surface area contributed by atoms with E-state index in [4.69, 9.17) is 0 Å². The van der Waals surface area contributed by atoms with Gasteiger partial charge in [0.25, 0.3) is 0 Å². The van der Waals surface area contributed by atoms with Crippen molar-refractivity contribution in [3.63, 3.8) is 0 Å². The molecule has 2 heterocycles. The maximum Gasteiger partial charge on any atom is 0.186 e. The van der Waals surface area contributed by atoms with Crippen molar-refractivity contribution in [1.29, 1.82) is 0 Å². The fourth-order valence-corrected chi connectivity index (χ4v) is 1.98. The first-order valence-electron chi connectivity index (χ1n) is 6.40. The summed E-state index contributed by atoms with van der Waals surface area (Å²) >= 11 is 0. The van der Waals surface area contributed by atoms with E-state index in [1.807, 2.05) is 27.1 Å². The standard InChI is InChI=1S/C13H18FN5/c1-4-10-9(7-19(3)18-10)6-15-13-12(14)11(5-2)16-8-17-13/h7-8H,4-6H2,1-3H3,(H,15,16,17). The van der Waals surface area contributed by atoms with Crippen molar-refractivity contribution in [2.24, 2.45) is 7.05 Å². The van der Waals surface area contributed by atoms with Crippen molar-refractivity contribution in [3.05, 3.63) is 35.3 Å². The van der Waals surface area contributed by atoms with Crippen molar-refractivity contribution in [2.45, 2.75) is 33.2 Å². The van der Waals surface area contributed by atoms with Gasteiger partial charge in [-0.1, -0.05) is 13.8 Å². The van der Waals surface area contributed by atoms with Crippen molar-refractivity contribution >= 4 is 5.82 Å². The molecule has 2 aromatic heterocycles. The van der Waals surface area contributed by atoms with E-state index < -0.39 is 0 Å². The summed E-state index contributed by atoms with van der Waals surface area (Å²) in [7, 11) is 1.88. The van der Waals surface area contributed by atoms with Crippen LogP contribution >= 0.6 is 0 Å². The van der Waals surface area contributed by atoms with E-state index in [1.54, 1.807) is 4.68 Å². The molecule has 0 fully saturated rings. The van der Waals surface area contributed by atoms with Crippen LogP contribution in [0.2, 0.25) is 0 Å². The lowest BCUT2D eigenvalue weighted by atomic mass is 10.2. The zero-order valence-electron chi connectivity index (χ0n) is 11.4. The highest BCUT2D eigenvalue weighted by Crippen LogP contribution is 2.15. The molecule has 0 aliphatic heterocycles. The largest absolute Gasteiger partial charge is 0.363 e. The number of nitrogens with one attached hydrogen (secondary N) is 1. The topological polar surface area (TPSA) is 55.6 Å². The van der Waals surface area contributed by atoms with Crippen molar-refractivity contribution < 1.29 is 4.39 Å². The molecule has 2 rings (SSSR count). The molecular formula is C13H18FN5. The fourth-order valence-electron chi connectivity index (χ4n) is 1.98. The van der Waals surface area contributed by atoms with Crippen LogP contribution < -0.4 is 5.32 Å². The summed E-state index contributed by atoms with van der Waals surface area (Å²) in [6.45, 7) is 4.42. The number of aromatic nitrogens is 4. The van der Waals surface area contributed by atoms with Crippen LogP contribution in [0, 0.1) is 5.82 Å². The predicted octanol–water partition coefficient (Wildman–Crippen LogP) is 2.09. The average molecular weight is 263 g/mol. The molecule has 0 atom stereocenters. The van der Waals surface area contributed by atoms with Crippen LogP contribution in [0.25, 0.3) is 0 Å². The van der Waals surface area contributed by atoms with Crippen molar-refractivity contribution in [1.82, 2.24) is 19.7 Å². The van der Waals surface area contributed by atoms with Gasteiger partial charge in [0.05, 0.1) is 11.4 Å². The Kier molecular flexibility index (Phi) is 4.09. The van der Waals surface area contributed by atoms with Crippen molar-refractivity contribution in [3.8, 4) is 0 Å². The first-order chi connectivity index (χ1) is 9.15. The first kappa shape index (κ1) is 13.5. The maximum atomic E-state index is 14.0. The Labute approximate surface area is 111 Å². The number of nitrogens with zero attached hydrogens (tertiary/aromatic N) is 4. The summed E-state index contributed by atoms with van der Waals surface area (Å²) in [5, 5.41) is 7.36. The van der Waals surface area contributed by atoms with Gasteiger partial charge in [0.15, 0.2) is 11.6 Å². The molecule has 0 amide bonds. The summed E-state index contributed by atoms with van der Waals surface area (Å²) in [6, 6.07) is 0. The van der Waals surface area contributed by atoms with E-state index in [9.17, 15) is 4.39 Å². The zero-order valence-corrected chi connectivity index (χ0v) is 11.4. The molecule has 102 valence electrons. The van der Waals surface area contributed by atoms with E-state index in [-0.39, 0.29) is 11.6 Å². The third kappa shape index (κ3) is 2.89. The highest BCUT2D eigenvalue weighted by Gasteiger charge is 2.11. The number of anilines is 1. The third-order valence-corrected chi connectivity index (χ3v) is 2.97. The molecule has 0 aliphatic carbocycles. The van der Waals surface area contributed by atoms with E-state index in [2.05, 4.69) is 20.4 Å². The van der Waals surface area contributed by atoms with Gasteiger partial charge in [-0.05, 0) is 12.8 Å². The van der Waals surface area contributed by atoms with Crippen LogP contribution in [0.15, 0.2) is 12.5 Å². The van der Waals surface area contributed by atoms with Crippen LogP contribution in [-0.4, -0.2) is 19.7 Å². The molecule has 0 spiro atoms. The van der Waals surface area contributed by atoms with Crippen LogP contribution in [-0.2, 0) is 26.4 Å². The van der Waals surface area contributed by atoms with Gasteiger partial charge in [0.2, 0.25) is 0 Å². The van der Waals surface area contributed by atoms with Crippen LogP contribution in [0.5, 0.6) is 0 Å². The molecule has 0 aliphatic rings. The Balaban J connectivity index is 2.14. The molecule has 0 bridgehead atoms. The number of hydrogen-bond donors (Lipinski definition) is 1. The normalized spacial score (nSPS) is 10.7. The van der Waals surface area contributed by atoms with E-state index >= 15 is 0 Å². The second-order valence-electron chi connectivity index (χ2n) is 4.32. The molecule has 5 nitrogen and oxygen atoms in total. The maximum absolute atomic E-state index is 14.0. The first-order valence-corrected chi connectivity index (χ1v) is 6.40. The summed E-state index contributed by atoms with van der Waals surface area (Å²) in [4.78, 5) is 7.85. The van der Waals surface area contributed by atoms with Gasteiger partial charge in [-0.25, -0.2) is 14.4 Å². The summed E-state index contributed by atoms with van der Waals surface area (Å²) in [6.07, 6.45) is 4.72. The summed E-state index contributed by atoms with van der Waals surface area (Å²) < 4.78 is 15.7. The van der Waals surface area contributed by atoms with Crippen molar-refractivity contribution in [2.75, 3.05) is 5.32 Å². The Morgan fingerprint density at radius 2 is 1.95 bits per heavy atom. The van der Waals surface area contributed by atoms with Gasteiger partial charge in [-0.15, -0.1) is 0 Å². The molecule has 6 heteroatoms. The monoisotopic (exact) mass is 263 g/mol. The Hall–Kier alpha value is -1.98. The third-order valence-electron chi connectivity index (χ3n) is 2.97. The van der Waals surface area contributed by atoms with Crippen LogP contribution in [0.1, 0.15) is 30.8 Å². The highest BCUT2D eigenvalue weighted by atomic mass is 19.1. The Morgan fingerprint density at radius 3 is 2.63 bits per heavy atom. The van der Waals surface area contributed by atoms with Crippen LogP contribution in [0.4, 0.5) is 10.2 Å². The minimum absolute atomic E-state index is 0.248. The van der Waals surface area contributed by atoms with E-state index in [0.29, 0.717) is 18.7 Å². The van der Waals surface area contributed by atoms with Gasteiger partial charge >= 0.3 is 0 Å². The molecule has 0 saturated heterocycles. The minimum Gasteiger partial charge on any atom is -0.363 e. The molecular weight excluding hydrogens is 245 g/mol. The van der Waals surface area contributed by atoms with Gasteiger partial charge in [0.1, 0.15) is 6.33 Å². The summed E-state index contributed by atoms with van der Waals surface area (Å²) in [5.41, 5.74) is 2.50. The van der Waals surface area contributed by atoms with Gasteiger partial charge in [-0.2, -0.15) is 5.10 Å². The van der Waals surface area contributed by atoms with Gasteiger partial charge in [0, 0.05) is 25.4 Å². The van der Waals surface area contributed by atoms with Crippen LogP contribution in [0.3, 0.4) is 0 Å². The Morgan fingerprint density at radius 1 is 1.21 bits per heavy atom. The van der Waals surface area contributed by atoms with E-state index in [1.165, 1.54) is 6.33 Å². The highest BCUT2D eigenvalue weighted by molar-refractivity contribution is 5.38. The molecule has 1 N–H and O–H groups in total. The van der Waals surface area contributed by atoms with Gasteiger partial charge < -0.3 is 5.32 Å². The summed E-state index contributed by atoms with van der Waals surface area (Å²) in [5.74, 6) is -0.121. The average Bonchev–Trinajstić information content (AvgIpc) is 2.78. The zero-order chi connectivity index (χ0) is 13.8. The SMILES string of the molecule is CCc1nn(C)cc1CNc1ncnc(CC)c1F. The smallest absolute Gasteiger partial charge is 0.186 e. The Bertz CT molecular complexity index is 564. The molecule has 2 aromatic rings. The lowest BCUT2D eigenvalue weighted by Gasteiger charge is -2.07. The van der Waals surface area contributed by atoms with Gasteiger partial charge in [-0.3, -0.25) is 4.68 Å². The molecule has 19 heavy (non-hydrogen) atoms. The van der Waals surface area contributed by atoms with E-state index in [0.717, 1.165) is 17.7 Å². The minimum atomic E-state index is -0.369. The number of aryl methyl sites for hydroxylation is 3. The molecule has 0 radical (unpaired) electrons. The molecule has 0 unspecified atom stereocenters. The quantitative estimate of drug-likeness (QED) is 0.897. The lowest BCUT2D eigenvalue weighted by molar-refractivity contribution is 0.596. The predicted molar refractivity (Wildman–Crippen MR) is 71.3 cm³/mol.